The molecule has 0 unspecified atom stereocenters. The Kier molecular flexibility index (Phi) is 8.76. The maximum absolute atomic E-state index is 13.1. The minimum absolute atomic E-state index is 0.0589. The maximum Gasteiger partial charge on any atom is 0.261 e. The zero-order valence-electron chi connectivity index (χ0n) is 18.0. The van der Waals surface area contributed by atoms with Crippen molar-refractivity contribution in [2.24, 2.45) is 0 Å². The van der Waals surface area contributed by atoms with Crippen LogP contribution in [0, 0.1) is 5.82 Å². The molecule has 1 atom stereocenters. The van der Waals surface area contributed by atoms with E-state index in [1.54, 1.807) is 25.1 Å². The Morgan fingerprint density at radius 1 is 1.09 bits per heavy atom. The minimum Gasteiger partial charge on any atom is -0.484 e. The van der Waals surface area contributed by atoms with Crippen molar-refractivity contribution in [1.29, 1.82) is 0 Å². The number of rotatable bonds is 8. The standard InChI is InChI=1S/C24H27Cl2FN2O3/c1-16(24(31)28-18-6-3-2-4-7-18)29(14-20-21(25)8-5-9-22(20)26)23(30)15-32-19-12-10-17(27)11-13-19/h5,8-13,16,18H,2-4,6-7,14-15H2,1H3,(H,28,31)/t16-/m0/s1. The second kappa shape index (κ2) is 11.5. The molecule has 1 fully saturated rings. The molecule has 1 aliphatic carbocycles. The van der Waals surface area contributed by atoms with E-state index in [1.807, 2.05) is 0 Å². The fourth-order valence-corrected chi connectivity index (χ4v) is 4.28. The number of benzene rings is 2. The number of hydrogen-bond donors (Lipinski definition) is 1. The van der Waals surface area contributed by atoms with E-state index in [4.69, 9.17) is 27.9 Å². The van der Waals surface area contributed by atoms with Gasteiger partial charge in [-0.3, -0.25) is 9.59 Å². The summed E-state index contributed by atoms with van der Waals surface area (Å²) in [5, 5.41) is 3.89. The molecule has 1 N–H and O–H groups in total. The van der Waals surface area contributed by atoms with Crippen LogP contribution in [0.1, 0.15) is 44.6 Å². The van der Waals surface area contributed by atoms with Crippen LogP contribution in [0.3, 0.4) is 0 Å². The fourth-order valence-electron chi connectivity index (χ4n) is 3.76. The van der Waals surface area contributed by atoms with E-state index in [1.165, 1.54) is 35.6 Å². The van der Waals surface area contributed by atoms with Crippen molar-refractivity contribution < 1.29 is 18.7 Å². The Hall–Kier alpha value is -2.31. The van der Waals surface area contributed by atoms with Gasteiger partial charge >= 0.3 is 0 Å². The Bertz CT molecular complexity index is 913. The third-order valence-corrected chi connectivity index (χ3v) is 6.39. The van der Waals surface area contributed by atoms with Crippen molar-refractivity contribution in [3.63, 3.8) is 0 Å². The maximum atomic E-state index is 13.1. The molecule has 3 rings (SSSR count). The van der Waals surface area contributed by atoms with Gasteiger partial charge in [-0.15, -0.1) is 0 Å². The first-order valence-electron chi connectivity index (χ1n) is 10.8. The van der Waals surface area contributed by atoms with Gasteiger partial charge in [0.2, 0.25) is 5.91 Å². The first-order chi connectivity index (χ1) is 15.3. The summed E-state index contributed by atoms with van der Waals surface area (Å²) < 4.78 is 18.6. The molecule has 172 valence electrons. The first kappa shape index (κ1) is 24.3. The normalized spacial score (nSPS) is 15.1. The third kappa shape index (κ3) is 6.59. The predicted molar refractivity (Wildman–Crippen MR) is 123 cm³/mol. The van der Waals surface area contributed by atoms with E-state index in [9.17, 15) is 14.0 Å². The van der Waals surface area contributed by atoms with Crippen molar-refractivity contribution >= 4 is 35.0 Å². The Morgan fingerprint density at radius 3 is 2.34 bits per heavy atom. The summed E-state index contributed by atoms with van der Waals surface area (Å²) >= 11 is 12.6. The summed E-state index contributed by atoms with van der Waals surface area (Å²) in [4.78, 5) is 27.5. The average molecular weight is 481 g/mol. The Morgan fingerprint density at radius 2 is 1.72 bits per heavy atom. The van der Waals surface area contributed by atoms with E-state index in [0.29, 0.717) is 21.4 Å². The van der Waals surface area contributed by atoms with Crippen LogP contribution in [0.5, 0.6) is 5.75 Å². The molecule has 1 saturated carbocycles. The molecule has 2 aromatic carbocycles. The van der Waals surface area contributed by atoms with Gasteiger partial charge in [0, 0.05) is 28.2 Å². The number of nitrogens with one attached hydrogen (secondary N) is 1. The SMILES string of the molecule is C[C@@H](C(=O)NC1CCCCC1)N(Cc1c(Cl)cccc1Cl)C(=O)COc1ccc(F)cc1. The molecule has 0 aliphatic heterocycles. The second-order valence-corrected chi connectivity index (χ2v) is 8.80. The molecule has 0 bridgehead atoms. The third-order valence-electron chi connectivity index (χ3n) is 5.68. The lowest BCUT2D eigenvalue weighted by Crippen LogP contribution is -2.51. The van der Waals surface area contributed by atoms with Gasteiger partial charge in [-0.1, -0.05) is 48.5 Å². The minimum atomic E-state index is -0.756. The molecular weight excluding hydrogens is 454 g/mol. The zero-order chi connectivity index (χ0) is 23.1. The van der Waals surface area contributed by atoms with Crippen LogP contribution in [0.15, 0.2) is 42.5 Å². The Labute approximate surface area is 197 Å². The molecule has 0 heterocycles. The molecule has 2 aromatic rings. The Balaban J connectivity index is 1.75. The van der Waals surface area contributed by atoms with Gasteiger partial charge in [-0.05, 0) is 56.2 Å². The second-order valence-electron chi connectivity index (χ2n) is 7.98. The number of halogens is 3. The van der Waals surface area contributed by atoms with Crippen LogP contribution >= 0.6 is 23.2 Å². The molecule has 1 aliphatic rings. The number of ether oxygens (including phenoxy) is 1. The molecule has 0 spiro atoms. The number of carbonyl (C=O) groups is 2. The first-order valence-corrected chi connectivity index (χ1v) is 11.5. The summed E-state index contributed by atoms with van der Waals surface area (Å²) in [6, 6.07) is 9.85. The number of carbonyl (C=O) groups excluding carboxylic acids is 2. The molecular formula is C24H27Cl2FN2O3. The van der Waals surface area contributed by atoms with Gasteiger partial charge in [0.25, 0.3) is 5.91 Å². The van der Waals surface area contributed by atoms with E-state index in [-0.39, 0.29) is 25.1 Å². The van der Waals surface area contributed by atoms with Gasteiger partial charge in [-0.25, -0.2) is 4.39 Å². The zero-order valence-corrected chi connectivity index (χ0v) is 19.5. The van der Waals surface area contributed by atoms with Crippen molar-refractivity contribution in [1.82, 2.24) is 10.2 Å². The topological polar surface area (TPSA) is 58.6 Å². The lowest BCUT2D eigenvalue weighted by molar-refractivity contribution is -0.142. The van der Waals surface area contributed by atoms with Crippen molar-refractivity contribution in [2.75, 3.05) is 6.61 Å². The van der Waals surface area contributed by atoms with Crippen molar-refractivity contribution in [2.45, 2.75) is 57.7 Å². The molecule has 5 nitrogen and oxygen atoms in total. The summed E-state index contributed by atoms with van der Waals surface area (Å²) in [7, 11) is 0. The summed E-state index contributed by atoms with van der Waals surface area (Å²) in [6.07, 6.45) is 5.23. The molecule has 8 heteroatoms. The largest absolute Gasteiger partial charge is 0.484 e. The van der Waals surface area contributed by atoms with E-state index in [0.717, 1.165) is 25.7 Å². The highest BCUT2D eigenvalue weighted by molar-refractivity contribution is 6.36. The molecule has 2 amide bonds. The van der Waals surface area contributed by atoms with Crippen LogP contribution in [-0.4, -0.2) is 35.4 Å². The highest BCUT2D eigenvalue weighted by atomic mass is 35.5. The van der Waals surface area contributed by atoms with Crippen molar-refractivity contribution in [3.05, 3.63) is 63.9 Å². The molecule has 32 heavy (non-hydrogen) atoms. The molecule has 0 saturated heterocycles. The fraction of sp³-hybridized carbons (Fsp3) is 0.417. The number of amides is 2. The number of hydrogen-bond acceptors (Lipinski definition) is 3. The predicted octanol–water partition coefficient (Wildman–Crippen LogP) is 5.38. The van der Waals surface area contributed by atoms with Gasteiger partial charge in [0.15, 0.2) is 6.61 Å². The van der Waals surface area contributed by atoms with Crippen LogP contribution in [0.25, 0.3) is 0 Å². The van der Waals surface area contributed by atoms with Crippen LogP contribution in [0.4, 0.5) is 4.39 Å². The lowest BCUT2D eigenvalue weighted by atomic mass is 9.95. The summed E-state index contributed by atoms with van der Waals surface area (Å²) in [5.74, 6) is -0.673. The summed E-state index contributed by atoms with van der Waals surface area (Å²) in [5.41, 5.74) is 0.559. The van der Waals surface area contributed by atoms with Crippen molar-refractivity contribution in [3.8, 4) is 5.75 Å². The highest BCUT2D eigenvalue weighted by Crippen LogP contribution is 2.27. The summed E-state index contributed by atoms with van der Waals surface area (Å²) in [6.45, 7) is 1.43. The molecule has 0 radical (unpaired) electrons. The average Bonchev–Trinajstić information content (AvgIpc) is 2.78. The molecule has 0 aromatic heterocycles. The van der Waals surface area contributed by atoms with Gasteiger partial charge in [0.05, 0.1) is 0 Å². The van der Waals surface area contributed by atoms with Gasteiger partial charge < -0.3 is 15.0 Å². The smallest absolute Gasteiger partial charge is 0.261 e. The number of nitrogens with zero attached hydrogens (tertiary/aromatic N) is 1. The lowest BCUT2D eigenvalue weighted by Gasteiger charge is -2.31. The van der Waals surface area contributed by atoms with Crippen LogP contribution in [-0.2, 0) is 16.1 Å². The highest BCUT2D eigenvalue weighted by Gasteiger charge is 2.29. The van der Waals surface area contributed by atoms with Gasteiger partial charge in [0.1, 0.15) is 17.6 Å². The van der Waals surface area contributed by atoms with Crippen LogP contribution < -0.4 is 10.1 Å². The monoisotopic (exact) mass is 480 g/mol. The van der Waals surface area contributed by atoms with Crippen LogP contribution in [0.2, 0.25) is 10.0 Å². The van der Waals surface area contributed by atoms with E-state index in [2.05, 4.69) is 5.32 Å². The quantitative estimate of drug-likeness (QED) is 0.551. The van der Waals surface area contributed by atoms with Gasteiger partial charge in [-0.2, -0.15) is 0 Å². The van der Waals surface area contributed by atoms with E-state index < -0.39 is 17.8 Å². The van der Waals surface area contributed by atoms with E-state index >= 15 is 0 Å².